The lowest BCUT2D eigenvalue weighted by atomic mass is 9.98. The average Bonchev–Trinajstić information content (AvgIpc) is 3.42. The molecule has 0 radical (unpaired) electrons. The molecule has 4 aromatic rings. The molecule has 6 heteroatoms. The molecule has 0 saturated carbocycles. The zero-order valence-corrected chi connectivity index (χ0v) is 18.2. The molecule has 1 atom stereocenters. The van der Waals surface area contributed by atoms with Gasteiger partial charge in [0.25, 0.3) is 0 Å². The third kappa shape index (κ3) is 3.39. The fourth-order valence-electron chi connectivity index (χ4n) is 4.32. The predicted molar refractivity (Wildman–Crippen MR) is 125 cm³/mol. The number of fused-ring (bicyclic) bond motifs is 2. The summed E-state index contributed by atoms with van der Waals surface area (Å²) in [4.78, 5) is 8.94. The van der Waals surface area contributed by atoms with Crippen molar-refractivity contribution in [2.75, 3.05) is 13.1 Å². The lowest BCUT2D eigenvalue weighted by Crippen LogP contribution is -2.41. The number of aromatic amines is 2. The van der Waals surface area contributed by atoms with Gasteiger partial charge in [-0.1, -0.05) is 48.3 Å². The molecule has 2 aromatic carbocycles. The van der Waals surface area contributed by atoms with E-state index in [0.717, 1.165) is 53.5 Å². The summed E-state index contributed by atoms with van der Waals surface area (Å²) >= 11 is 12.5. The van der Waals surface area contributed by atoms with Crippen molar-refractivity contribution in [3.05, 3.63) is 70.5 Å². The van der Waals surface area contributed by atoms with Gasteiger partial charge in [-0.15, -0.1) is 0 Å². The molecule has 0 bridgehead atoms. The van der Waals surface area contributed by atoms with E-state index in [-0.39, 0.29) is 6.23 Å². The number of hydrogen-bond acceptors (Lipinski definition) is 2. The number of rotatable bonds is 5. The van der Waals surface area contributed by atoms with Crippen LogP contribution in [-0.4, -0.2) is 34.2 Å². The number of aromatic nitrogens is 2. The highest BCUT2D eigenvalue weighted by atomic mass is 35.5. The van der Waals surface area contributed by atoms with Gasteiger partial charge in [0.15, 0.2) is 6.23 Å². The molecule has 3 heterocycles. The van der Waals surface area contributed by atoms with E-state index in [4.69, 9.17) is 27.9 Å². The van der Waals surface area contributed by atoms with Crippen LogP contribution in [0.15, 0.2) is 54.9 Å². The largest absolute Gasteiger partial charge is 0.474 e. The molecular formula is C24H23Cl2N3O. The van der Waals surface area contributed by atoms with Gasteiger partial charge < -0.3 is 14.7 Å². The minimum atomic E-state index is 0.0412. The zero-order valence-electron chi connectivity index (χ0n) is 16.7. The molecule has 5 rings (SSSR count). The Labute approximate surface area is 185 Å². The first-order valence-electron chi connectivity index (χ1n) is 10.3. The third-order valence-corrected chi connectivity index (χ3v) is 6.71. The van der Waals surface area contributed by atoms with E-state index in [2.05, 4.69) is 40.0 Å². The maximum absolute atomic E-state index is 6.44. The number of ether oxygens (including phenoxy) is 1. The van der Waals surface area contributed by atoms with Crippen molar-refractivity contribution in [1.82, 2.24) is 14.9 Å². The number of nitrogens with one attached hydrogen (secondary N) is 2. The molecule has 154 valence electrons. The summed E-state index contributed by atoms with van der Waals surface area (Å²) in [5.74, 6) is 0.929. The van der Waals surface area contributed by atoms with Crippen LogP contribution in [0.2, 0.25) is 10.0 Å². The molecule has 0 spiro atoms. The number of halogens is 2. The molecule has 0 saturated heterocycles. The Morgan fingerprint density at radius 3 is 2.80 bits per heavy atom. The maximum atomic E-state index is 6.44. The standard InChI is InChI=1S/C24H23Cl2N3O/c1-2-22(30-21-5-3-4-20-17(21)8-11-27-20)29-12-9-15(10-13-29)18-14-28-24-16(18)6-7-19(25)23(24)26/h3-9,11,14,22,27-28H,2,10,12-13H2,1H3. The van der Waals surface area contributed by atoms with Crippen molar-refractivity contribution >= 4 is 50.6 Å². The summed E-state index contributed by atoms with van der Waals surface area (Å²) in [6.07, 6.45) is 8.22. The maximum Gasteiger partial charge on any atom is 0.152 e. The summed E-state index contributed by atoms with van der Waals surface area (Å²) in [5, 5.41) is 3.39. The quantitative estimate of drug-likeness (QED) is 0.356. The summed E-state index contributed by atoms with van der Waals surface area (Å²) in [5.41, 5.74) is 4.53. The lowest BCUT2D eigenvalue weighted by molar-refractivity contribution is 0.0312. The van der Waals surface area contributed by atoms with E-state index in [1.165, 1.54) is 11.1 Å². The van der Waals surface area contributed by atoms with Gasteiger partial charge in [0.2, 0.25) is 0 Å². The molecule has 2 aromatic heterocycles. The number of benzene rings is 2. The lowest BCUT2D eigenvalue weighted by Gasteiger charge is -2.33. The molecule has 30 heavy (non-hydrogen) atoms. The van der Waals surface area contributed by atoms with Crippen molar-refractivity contribution in [2.24, 2.45) is 0 Å². The predicted octanol–water partition coefficient (Wildman–Crippen LogP) is 6.86. The molecule has 1 unspecified atom stereocenters. The molecule has 4 nitrogen and oxygen atoms in total. The van der Waals surface area contributed by atoms with E-state index >= 15 is 0 Å². The van der Waals surface area contributed by atoms with Crippen LogP contribution in [0.25, 0.3) is 27.4 Å². The van der Waals surface area contributed by atoms with Crippen LogP contribution in [-0.2, 0) is 0 Å². The van der Waals surface area contributed by atoms with Crippen LogP contribution >= 0.6 is 23.2 Å². The van der Waals surface area contributed by atoms with Gasteiger partial charge >= 0.3 is 0 Å². The summed E-state index contributed by atoms with van der Waals surface area (Å²) < 4.78 is 6.44. The topological polar surface area (TPSA) is 44.0 Å². The summed E-state index contributed by atoms with van der Waals surface area (Å²) in [7, 11) is 0. The van der Waals surface area contributed by atoms with Gasteiger partial charge in [0.1, 0.15) is 5.75 Å². The van der Waals surface area contributed by atoms with Crippen LogP contribution in [0.1, 0.15) is 25.3 Å². The molecule has 1 aliphatic rings. The second-order valence-electron chi connectivity index (χ2n) is 7.64. The minimum Gasteiger partial charge on any atom is -0.474 e. The van der Waals surface area contributed by atoms with Crippen LogP contribution in [0.5, 0.6) is 5.75 Å². The summed E-state index contributed by atoms with van der Waals surface area (Å²) in [6.45, 7) is 3.97. The van der Waals surface area contributed by atoms with Gasteiger partial charge in [-0.25, -0.2) is 0 Å². The number of hydrogen-bond donors (Lipinski definition) is 2. The Kier molecular flexibility index (Phi) is 5.23. The molecule has 0 amide bonds. The Morgan fingerprint density at radius 2 is 2.00 bits per heavy atom. The normalized spacial score (nSPS) is 16.2. The molecule has 1 aliphatic heterocycles. The molecular weight excluding hydrogens is 417 g/mol. The van der Waals surface area contributed by atoms with Crippen molar-refractivity contribution in [1.29, 1.82) is 0 Å². The molecule has 0 aliphatic carbocycles. The monoisotopic (exact) mass is 439 g/mol. The smallest absolute Gasteiger partial charge is 0.152 e. The number of nitrogens with zero attached hydrogens (tertiary/aromatic N) is 1. The summed E-state index contributed by atoms with van der Waals surface area (Å²) in [6, 6.07) is 12.1. The van der Waals surface area contributed by atoms with Crippen LogP contribution in [0, 0.1) is 0 Å². The second-order valence-corrected chi connectivity index (χ2v) is 8.42. The van der Waals surface area contributed by atoms with Gasteiger partial charge in [0.05, 0.1) is 15.6 Å². The SMILES string of the molecule is CCC(Oc1cccc2[nH]ccc12)N1CC=C(c2c[nH]c3c(Cl)c(Cl)ccc23)CC1. The fourth-order valence-corrected chi connectivity index (χ4v) is 4.69. The van der Waals surface area contributed by atoms with E-state index in [1.807, 2.05) is 36.7 Å². The van der Waals surface area contributed by atoms with Gasteiger partial charge in [-0.05, 0) is 42.7 Å². The van der Waals surface area contributed by atoms with E-state index in [9.17, 15) is 0 Å². The third-order valence-electron chi connectivity index (χ3n) is 5.91. The first-order valence-corrected chi connectivity index (χ1v) is 11.0. The molecule has 2 N–H and O–H groups in total. The van der Waals surface area contributed by atoms with Crippen molar-refractivity contribution in [2.45, 2.75) is 26.0 Å². The van der Waals surface area contributed by atoms with Gasteiger partial charge in [-0.3, -0.25) is 4.90 Å². The Bertz CT molecular complexity index is 1240. The van der Waals surface area contributed by atoms with Gasteiger partial charge in [0, 0.05) is 47.3 Å². The number of H-pyrrole nitrogens is 2. The van der Waals surface area contributed by atoms with Crippen LogP contribution in [0.4, 0.5) is 0 Å². The van der Waals surface area contributed by atoms with E-state index < -0.39 is 0 Å². The molecule has 0 fully saturated rings. The van der Waals surface area contributed by atoms with Gasteiger partial charge in [-0.2, -0.15) is 0 Å². The zero-order chi connectivity index (χ0) is 20.7. The van der Waals surface area contributed by atoms with Crippen LogP contribution in [0.3, 0.4) is 0 Å². The Hall–Kier alpha value is -2.40. The minimum absolute atomic E-state index is 0.0412. The average molecular weight is 440 g/mol. The van der Waals surface area contributed by atoms with E-state index in [0.29, 0.717) is 10.0 Å². The second kappa shape index (κ2) is 8.03. The first kappa shape index (κ1) is 19.6. The first-order chi connectivity index (χ1) is 14.7. The highest BCUT2D eigenvalue weighted by Crippen LogP contribution is 2.36. The van der Waals surface area contributed by atoms with Crippen molar-refractivity contribution in [3.63, 3.8) is 0 Å². The highest BCUT2D eigenvalue weighted by Gasteiger charge is 2.23. The van der Waals surface area contributed by atoms with Crippen molar-refractivity contribution in [3.8, 4) is 5.75 Å². The fraction of sp³-hybridized carbons (Fsp3) is 0.250. The van der Waals surface area contributed by atoms with Crippen LogP contribution < -0.4 is 4.74 Å². The van der Waals surface area contributed by atoms with Crippen molar-refractivity contribution < 1.29 is 4.74 Å². The Balaban J connectivity index is 1.36. The Morgan fingerprint density at radius 1 is 1.10 bits per heavy atom. The van der Waals surface area contributed by atoms with E-state index in [1.54, 1.807) is 0 Å². The highest BCUT2D eigenvalue weighted by molar-refractivity contribution is 6.45.